The number of aromatic nitrogens is 3. The summed E-state index contributed by atoms with van der Waals surface area (Å²) < 4.78 is 12.0. The number of carbonyl (C=O) groups excluding carboxylic acids is 2. The van der Waals surface area contributed by atoms with E-state index in [-0.39, 0.29) is 30.5 Å². The first kappa shape index (κ1) is 23.6. The summed E-state index contributed by atoms with van der Waals surface area (Å²) in [7, 11) is 0. The number of ether oxygens (including phenoxy) is 2. The molecule has 0 spiro atoms. The van der Waals surface area contributed by atoms with Crippen molar-refractivity contribution < 1.29 is 29.3 Å². The molecule has 1 aliphatic rings. The molecular formula is C20H26N6O6. The fourth-order valence-corrected chi connectivity index (χ4v) is 3.41. The molecule has 5 N–H and O–H groups in total. The number of carbonyl (C=O) groups is 2. The summed E-state index contributed by atoms with van der Waals surface area (Å²) in [6.07, 6.45) is -2.98. The maximum Gasteiger partial charge on any atom is 0.305 e. The topological polar surface area (TPSA) is 185 Å². The van der Waals surface area contributed by atoms with Gasteiger partial charge in [-0.05, 0) is 18.1 Å². The number of aliphatic hydroxyl groups is 2. The summed E-state index contributed by atoms with van der Waals surface area (Å²) in [6.45, 7) is 4.90. The first-order chi connectivity index (χ1) is 15.2. The molecule has 2 aromatic heterocycles. The SMILES string of the molecule is CCC(=O)OC[C@H]1O[C@@](C#N)(c2ccc3c(NC(=O)[C@@H](N)C(C)C)ncnn23)[C@H](O)[C@@H]1O. The van der Waals surface area contributed by atoms with E-state index in [9.17, 15) is 25.1 Å². The van der Waals surface area contributed by atoms with Crippen molar-refractivity contribution in [1.29, 1.82) is 5.26 Å². The lowest BCUT2D eigenvalue weighted by atomic mass is 9.92. The number of nitrogens with zero attached hydrogens (tertiary/aromatic N) is 4. The highest BCUT2D eigenvalue weighted by atomic mass is 16.6. The Morgan fingerprint density at radius 3 is 2.78 bits per heavy atom. The van der Waals surface area contributed by atoms with Gasteiger partial charge < -0.3 is 30.7 Å². The van der Waals surface area contributed by atoms with Gasteiger partial charge in [-0.2, -0.15) is 10.4 Å². The van der Waals surface area contributed by atoms with E-state index in [1.54, 1.807) is 6.92 Å². The van der Waals surface area contributed by atoms with Crippen molar-refractivity contribution in [3.05, 3.63) is 24.2 Å². The van der Waals surface area contributed by atoms with Crippen molar-refractivity contribution in [3.63, 3.8) is 0 Å². The smallest absolute Gasteiger partial charge is 0.305 e. The zero-order valence-corrected chi connectivity index (χ0v) is 17.9. The minimum absolute atomic E-state index is 0.0978. The Bertz CT molecular complexity index is 1050. The molecule has 0 aliphatic carbocycles. The second kappa shape index (κ2) is 9.17. The molecule has 32 heavy (non-hydrogen) atoms. The van der Waals surface area contributed by atoms with E-state index in [2.05, 4.69) is 15.4 Å². The third-order valence-electron chi connectivity index (χ3n) is 5.42. The standard InChI is InChI=1S/C20H26N6O6/c1-4-14(27)31-7-12-16(28)17(29)20(8-21,32-12)13-6-5-11-18(23-9-24-26(11)13)25-19(30)15(22)10(2)3/h5-6,9-10,12,15-17,28-29H,4,7,22H2,1-3H3,(H,23,24,25,30)/t12-,15+,16-,17-,20+/m1/s1. The normalized spacial score (nSPS) is 26.1. The highest BCUT2D eigenvalue weighted by Gasteiger charge is 2.57. The van der Waals surface area contributed by atoms with Crippen LogP contribution < -0.4 is 11.1 Å². The van der Waals surface area contributed by atoms with Crippen molar-refractivity contribution in [2.45, 2.75) is 57.1 Å². The molecule has 0 bridgehead atoms. The van der Waals surface area contributed by atoms with Gasteiger partial charge in [0.1, 0.15) is 42.8 Å². The molecule has 172 valence electrons. The molecule has 3 rings (SSSR count). The van der Waals surface area contributed by atoms with Gasteiger partial charge in [0.25, 0.3) is 0 Å². The minimum Gasteiger partial charge on any atom is -0.463 e. The van der Waals surface area contributed by atoms with Crippen LogP contribution in [0.3, 0.4) is 0 Å². The predicted molar refractivity (Wildman–Crippen MR) is 110 cm³/mol. The van der Waals surface area contributed by atoms with Crippen molar-refractivity contribution in [3.8, 4) is 6.07 Å². The number of hydrogen-bond acceptors (Lipinski definition) is 10. The van der Waals surface area contributed by atoms with Gasteiger partial charge in [0.05, 0.1) is 11.7 Å². The Labute approximate surface area is 183 Å². The van der Waals surface area contributed by atoms with Gasteiger partial charge in [0.15, 0.2) is 5.82 Å². The van der Waals surface area contributed by atoms with Gasteiger partial charge in [0.2, 0.25) is 11.5 Å². The van der Waals surface area contributed by atoms with Crippen LogP contribution in [0.1, 0.15) is 32.9 Å². The third kappa shape index (κ3) is 4.03. The van der Waals surface area contributed by atoms with Crippen molar-refractivity contribution in [2.75, 3.05) is 11.9 Å². The lowest BCUT2D eigenvalue weighted by molar-refractivity contribution is -0.150. The highest BCUT2D eigenvalue weighted by molar-refractivity contribution is 5.97. The molecule has 3 heterocycles. The number of rotatable bonds is 7. The van der Waals surface area contributed by atoms with E-state index in [0.717, 1.165) is 6.33 Å². The average molecular weight is 446 g/mol. The Kier molecular flexibility index (Phi) is 6.75. The zero-order chi connectivity index (χ0) is 23.6. The summed E-state index contributed by atoms with van der Waals surface area (Å²) in [5.41, 5.74) is 4.32. The average Bonchev–Trinajstić information content (AvgIpc) is 3.32. The number of anilines is 1. The molecule has 0 aromatic carbocycles. The Balaban J connectivity index is 1.95. The van der Waals surface area contributed by atoms with E-state index in [1.165, 1.54) is 16.6 Å². The Morgan fingerprint density at radius 1 is 1.44 bits per heavy atom. The van der Waals surface area contributed by atoms with Gasteiger partial charge in [-0.15, -0.1) is 0 Å². The van der Waals surface area contributed by atoms with Crippen LogP contribution in [0.4, 0.5) is 5.82 Å². The molecular weight excluding hydrogens is 420 g/mol. The molecule has 0 saturated carbocycles. The fourth-order valence-electron chi connectivity index (χ4n) is 3.41. The zero-order valence-electron chi connectivity index (χ0n) is 17.9. The van der Waals surface area contributed by atoms with Crippen molar-refractivity contribution in [2.24, 2.45) is 11.7 Å². The molecule has 5 atom stereocenters. The van der Waals surface area contributed by atoms with E-state index >= 15 is 0 Å². The molecule has 0 radical (unpaired) electrons. The second-order valence-electron chi connectivity index (χ2n) is 7.86. The van der Waals surface area contributed by atoms with Crippen LogP contribution >= 0.6 is 0 Å². The van der Waals surface area contributed by atoms with E-state index < -0.39 is 41.8 Å². The summed E-state index contributed by atoms with van der Waals surface area (Å²) in [5.74, 6) is -0.893. The molecule has 2 aromatic rings. The van der Waals surface area contributed by atoms with Crippen LogP contribution in [-0.2, 0) is 24.7 Å². The molecule has 0 unspecified atom stereocenters. The van der Waals surface area contributed by atoms with Crippen LogP contribution in [0.5, 0.6) is 0 Å². The number of nitrogens with two attached hydrogens (primary N) is 1. The number of esters is 1. The second-order valence-corrected chi connectivity index (χ2v) is 7.86. The van der Waals surface area contributed by atoms with Crippen LogP contribution in [0.15, 0.2) is 18.5 Å². The molecule has 1 amide bonds. The molecule has 12 nitrogen and oxygen atoms in total. The number of aliphatic hydroxyl groups excluding tert-OH is 2. The summed E-state index contributed by atoms with van der Waals surface area (Å²) >= 11 is 0. The third-order valence-corrected chi connectivity index (χ3v) is 5.42. The van der Waals surface area contributed by atoms with Gasteiger partial charge in [-0.1, -0.05) is 20.8 Å². The highest BCUT2D eigenvalue weighted by Crippen LogP contribution is 2.40. The molecule has 1 saturated heterocycles. The maximum absolute atomic E-state index is 12.4. The fraction of sp³-hybridized carbons (Fsp3) is 0.550. The Morgan fingerprint density at radius 2 is 2.16 bits per heavy atom. The summed E-state index contributed by atoms with van der Waals surface area (Å²) in [6, 6.07) is 4.17. The molecule has 12 heteroatoms. The van der Waals surface area contributed by atoms with Crippen molar-refractivity contribution >= 4 is 23.2 Å². The number of hydrogen-bond donors (Lipinski definition) is 4. The number of nitriles is 1. The number of nitrogens with one attached hydrogen (secondary N) is 1. The summed E-state index contributed by atoms with van der Waals surface area (Å²) in [4.78, 5) is 27.9. The number of fused-ring (bicyclic) bond motifs is 1. The van der Waals surface area contributed by atoms with Crippen LogP contribution in [0.25, 0.3) is 5.52 Å². The van der Waals surface area contributed by atoms with E-state index in [0.29, 0.717) is 5.52 Å². The van der Waals surface area contributed by atoms with Crippen LogP contribution in [0, 0.1) is 17.2 Å². The minimum atomic E-state index is -2.00. The Hall–Kier alpha value is -3.11. The summed E-state index contributed by atoms with van der Waals surface area (Å²) in [5, 5.41) is 37.8. The molecule has 1 fully saturated rings. The maximum atomic E-state index is 12.4. The van der Waals surface area contributed by atoms with Crippen molar-refractivity contribution in [1.82, 2.24) is 14.6 Å². The van der Waals surface area contributed by atoms with E-state index in [1.807, 2.05) is 19.9 Å². The van der Waals surface area contributed by atoms with Gasteiger partial charge in [-0.3, -0.25) is 9.59 Å². The monoisotopic (exact) mass is 446 g/mol. The van der Waals surface area contributed by atoms with Gasteiger partial charge in [0, 0.05) is 6.42 Å². The van der Waals surface area contributed by atoms with Crippen LogP contribution in [0.2, 0.25) is 0 Å². The van der Waals surface area contributed by atoms with E-state index in [4.69, 9.17) is 15.2 Å². The molecule has 1 aliphatic heterocycles. The quantitative estimate of drug-likeness (QED) is 0.402. The predicted octanol–water partition coefficient (Wildman–Crippen LogP) is -0.556. The largest absolute Gasteiger partial charge is 0.463 e. The van der Waals surface area contributed by atoms with Gasteiger partial charge in [-0.25, -0.2) is 9.50 Å². The van der Waals surface area contributed by atoms with Gasteiger partial charge >= 0.3 is 5.97 Å². The van der Waals surface area contributed by atoms with Crippen LogP contribution in [-0.4, -0.2) is 67.6 Å². The number of amides is 1. The first-order valence-electron chi connectivity index (χ1n) is 10.2. The lowest BCUT2D eigenvalue weighted by Gasteiger charge is -2.24. The lowest BCUT2D eigenvalue weighted by Crippen LogP contribution is -2.41. The first-order valence-corrected chi connectivity index (χ1v) is 10.2.